The molecular formula is C14H19BrS2. The molecule has 0 spiro atoms. The average molecular weight is 331 g/mol. The second kappa shape index (κ2) is 6.53. The molecule has 0 bridgehead atoms. The number of thiol groups is 1. The van der Waals surface area contributed by atoms with Gasteiger partial charge in [0.1, 0.15) is 0 Å². The van der Waals surface area contributed by atoms with Crippen LogP contribution in [0.1, 0.15) is 32.1 Å². The first-order valence-electron chi connectivity index (χ1n) is 6.23. The summed E-state index contributed by atoms with van der Waals surface area (Å²) in [5.74, 6) is 2.26. The van der Waals surface area contributed by atoms with Gasteiger partial charge in [0, 0.05) is 15.1 Å². The van der Waals surface area contributed by atoms with Gasteiger partial charge in [-0.25, -0.2) is 0 Å². The Balaban J connectivity index is 1.93. The second-order valence-electron chi connectivity index (χ2n) is 4.96. The van der Waals surface area contributed by atoms with Crippen LogP contribution in [-0.2, 0) is 0 Å². The van der Waals surface area contributed by atoms with Gasteiger partial charge >= 0.3 is 0 Å². The van der Waals surface area contributed by atoms with Gasteiger partial charge < -0.3 is 0 Å². The molecule has 0 nitrogen and oxygen atoms in total. The van der Waals surface area contributed by atoms with Crippen molar-refractivity contribution in [3.8, 4) is 0 Å². The highest BCUT2D eigenvalue weighted by molar-refractivity contribution is 9.10. The summed E-state index contributed by atoms with van der Waals surface area (Å²) >= 11 is 10.1. The van der Waals surface area contributed by atoms with Crippen molar-refractivity contribution >= 4 is 40.3 Å². The van der Waals surface area contributed by atoms with Gasteiger partial charge in [0.05, 0.1) is 0 Å². The normalized spacial score (nSPS) is 19.2. The van der Waals surface area contributed by atoms with Crippen molar-refractivity contribution in [2.24, 2.45) is 5.41 Å². The van der Waals surface area contributed by atoms with Crippen LogP contribution >= 0.6 is 40.3 Å². The number of halogens is 1. The summed E-state index contributed by atoms with van der Waals surface area (Å²) in [6.45, 7) is 0. The topological polar surface area (TPSA) is 0 Å². The van der Waals surface area contributed by atoms with Crippen molar-refractivity contribution in [3.63, 3.8) is 0 Å². The smallest absolute Gasteiger partial charge is 0.0176 e. The summed E-state index contributed by atoms with van der Waals surface area (Å²) in [4.78, 5) is 1.37. The largest absolute Gasteiger partial charge is 0.179 e. The van der Waals surface area contributed by atoms with Gasteiger partial charge in [0.2, 0.25) is 0 Å². The van der Waals surface area contributed by atoms with Gasteiger partial charge in [0.15, 0.2) is 0 Å². The first-order chi connectivity index (χ1) is 8.24. The summed E-state index contributed by atoms with van der Waals surface area (Å²) in [5.41, 5.74) is 0.485. The first kappa shape index (κ1) is 13.8. The van der Waals surface area contributed by atoms with Crippen LogP contribution in [0.25, 0.3) is 0 Å². The monoisotopic (exact) mass is 330 g/mol. The Morgan fingerprint density at radius 1 is 1.12 bits per heavy atom. The van der Waals surface area contributed by atoms with Gasteiger partial charge in [-0.05, 0) is 48.3 Å². The highest BCUT2D eigenvalue weighted by Crippen LogP contribution is 2.41. The number of hydrogen-bond donors (Lipinski definition) is 1. The molecule has 1 fully saturated rings. The zero-order valence-electron chi connectivity index (χ0n) is 9.99. The molecule has 0 amide bonds. The predicted molar refractivity (Wildman–Crippen MR) is 84.2 cm³/mol. The number of rotatable bonds is 4. The van der Waals surface area contributed by atoms with Gasteiger partial charge in [0.25, 0.3) is 0 Å². The van der Waals surface area contributed by atoms with Crippen molar-refractivity contribution in [1.29, 1.82) is 0 Å². The zero-order chi connectivity index (χ0) is 12.1. The first-order valence-corrected chi connectivity index (χ1v) is 8.64. The van der Waals surface area contributed by atoms with Crippen molar-refractivity contribution in [2.45, 2.75) is 37.0 Å². The van der Waals surface area contributed by atoms with E-state index in [4.69, 9.17) is 0 Å². The molecule has 0 heterocycles. The molecule has 1 aromatic carbocycles. The van der Waals surface area contributed by atoms with Gasteiger partial charge in [-0.2, -0.15) is 12.6 Å². The fraction of sp³-hybridized carbons (Fsp3) is 0.571. The van der Waals surface area contributed by atoms with Gasteiger partial charge in [-0.1, -0.05) is 35.2 Å². The average Bonchev–Trinajstić information content (AvgIpc) is 2.39. The third kappa shape index (κ3) is 3.93. The summed E-state index contributed by atoms with van der Waals surface area (Å²) in [7, 11) is 0. The Morgan fingerprint density at radius 3 is 2.35 bits per heavy atom. The minimum atomic E-state index is 0.485. The molecule has 94 valence electrons. The highest BCUT2D eigenvalue weighted by atomic mass is 79.9. The third-order valence-corrected chi connectivity index (χ3v) is 6.17. The predicted octanol–water partition coefficient (Wildman–Crippen LogP) is 5.42. The molecule has 0 saturated heterocycles. The van der Waals surface area contributed by atoms with Crippen molar-refractivity contribution in [3.05, 3.63) is 28.7 Å². The maximum absolute atomic E-state index is 4.59. The van der Waals surface area contributed by atoms with E-state index in [0.717, 1.165) is 10.2 Å². The molecule has 1 aromatic rings. The lowest BCUT2D eigenvalue weighted by molar-refractivity contribution is 0.259. The van der Waals surface area contributed by atoms with Crippen LogP contribution in [-0.4, -0.2) is 11.5 Å². The molecule has 1 saturated carbocycles. The van der Waals surface area contributed by atoms with Crippen LogP contribution in [0.15, 0.2) is 33.6 Å². The van der Waals surface area contributed by atoms with Crippen LogP contribution in [0.3, 0.4) is 0 Å². The fourth-order valence-electron chi connectivity index (χ4n) is 2.42. The SMILES string of the molecule is SCC1(CSc2ccc(Br)cc2)CCCCC1. The Kier molecular flexibility index (Phi) is 5.31. The quantitative estimate of drug-likeness (QED) is 0.568. The molecule has 0 unspecified atom stereocenters. The molecular weight excluding hydrogens is 312 g/mol. The van der Waals surface area contributed by atoms with Crippen LogP contribution in [0.5, 0.6) is 0 Å². The van der Waals surface area contributed by atoms with E-state index >= 15 is 0 Å². The van der Waals surface area contributed by atoms with Crippen molar-refractivity contribution in [2.75, 3.05) is 11.5 Å². The molecule has 2 rings (SSSR count). The number of benzene rings is 1. The second-order valence-corrected chi connectivity index (χ2v) is 7.24. The van der Waals surface area contributed by atoms with E-state index in [-0.39, 0.29) is 0 Å². The van der Waals surface area contributed by atoms with E-state index in [0.29, 0.717) is 5.41 Å². The molecule has 0 aliphatic heterocycles. The van der Waals surface area contributed by atoms with E-state index in [1.54, 1.807) is 0 Å². The fourth-order valence-corrected chi connectivity index (χ4v) is 4.45. The zero-order valence-corrected chi connectivity index (χ0v) is 13.3. The molecule has 1 aliphatic rings. The molecule has 0 N–H and O–H groups in total. The molecule has 1 aliphatic carbocycles. The summed E-state index contributed by atoms with van der Waals surface area (Å²) in [6.07, 6.45) is 6.92. The van der Waals surface area contributed by atoms with Crippen molar-refractivity contribution < 1.29 is 0 Å². The number of hydrogen-bond acceptors (Lipinski definition) is 2. The Hall–Kier alpha value is 0.400. The van der Waals surface area contributed by atoms with Crippen LogP contribution in [0.4, 0.5) is 0 Å². The summed E-state index contributed by atoms with van der Waals surface area (Å²) in [6, 6.07) is 8.64. The Bertz CT molecular complexity index is 342. The van der Waals surface area contributed by atoms with E-state index < -0.39 is 0 Å². The Morgan fingerprint density at radius 2 is 1.76 bits per heavy atom. The maximum atomic E-state index is 4.59. The van der Waals surface area contributed by atoms with Gasteiger partial charge in [-0.15, -0.1) is 11.8 Å². The molecule has 0 atom stereocenters. The molecule has 17 heavy (non-hydrogen) atoms. The molecule has 0 radical (unpaired) electrons. The van der Waals surface area contributed by atoms with Crippen LogP contribution in [0, 0.1) is 5.41 Å². The number of thioether (sulfide) groups is 1. The highest BCUT2D eigenvalue weighted by Gasteiger charge is 2.30. The van der Waals surface area contributed by atoms with E-state index in [1.165, 1.54) is 42.8 Å². The molecule has 3 heteroatoms. The Labute approximate surface area is 122 Å². The minimum absolute atomic E-state index is 0.485. The lowest BCUT2D eigenvalue weighted by Crippen LogP contribution is -2.28. The van der Waals surface area contributed by atoms with E-state index in [2.05, 4.69) is 52.8 Å². The van der Waals surface area contributed by atoms with Gasteiger partial charge in [-0.3, -0.25) is 0 Å². The van der Waals surface area contributed by atoms with Crippen LogP contribution in [0.2, 0.25) is 0 Å². The third-order valence-electron chi connectivity index (χ3n) is 3.61. The molecule has 0 aromatic heterocycles. The van der Waals surface area contributed by atoms with E-state index in [9.17, 15) is 0 Å². The van der Waals surface area contributed by atoms with Crippen molar-refractivity contribution in [1.82, 2.24) is 0 Å². The summed E-state index contributed by atoms with van der Waals surface area (Å²) in [5, 5.41) is 0. The van der Waals surface area contributed by atoms with Crippen LogP contribution < -0.4 is 0 Å². The summed E-state index contributed by atoms with van der Waals surface area (Å²) < 4.78 is 1.16. The lowest BCUT2D eigenvalue weighted by atomic mass is 9.77. The minimum Gasteiger partial charge on any atom is -0.179 e. The van der Waals surface area contributed by atoms with E-state index in [1.807, 2.05) is 11.8 Å². The standard InChI is InChI=1S/C14H19BrS2/c15-12-4-6-13(7-5-12)17-11-14(10-16)8-2-1-3-9-14/h4-7,16H,1-3,8-11H2. The maximum Gasteiger partial charge on any atom is 0.0176 e. The lowest BCUT2D eigenvalue weighted by Gasteiger charge is -2.35.